The molecule has 0 atom stereocenters. The molecule has 3 aromatic carbocycles. The van der Waals surface area contributed by atoms with Crippen LogP contribution in [0.5, 0.6) is 0 Å². The van der Waals surface area contributed by atoms with Crippen LogP contribution >= 0.6 is 22.7 Å². The van der Waals surface area contributed by atoms with E-state index in [4.69, 9.17) is 9.97 Å². The van der Waals surface area contributed by atoms with Gasteiger partial charge in [-0.2, -0.15) is 0 Å². The zero-order valence-electron chi connectivity index (χ0n) is 28.3. The van der Waals surface area contributed by atoms with Crippen LogP contribution in [0.3, 0.4) is 0 Å². The van der Waals surface area contributed by atoms with Crippen LogP contribution in [0.15, 0.2) is 60.7 Å². The molecule has 0 radical (unpaired) electrons. The van der Waals surface area contributed by atoms with Gasteiger partial charge in [0.2, 0.25) is 23.1 Å². The highest BCUT2D eigenvalue weighted by atomic mass is 32.1. The molecule has 2 heterocycles. The van der Waals surface area contributed by atoms with Gasteiger partial charge in [0, 0.05) is 33.1 Å². The molecule has 0 N–H and O–H groups in total. The number of fused-ring (bicyclic) bond motifs is 12. The Bertz CT molecular complexity index is 2390. The van der Waals surface area contributed by atoms with E-state index in [9.17, 15) is 19.2 Å². The summed E-state index contributed by atoms with van der Waals surface area (Å²) in [5.41, 5.74) is 10.3. The summed E-state index contributed by atoms with van der Waals surface area (Å²) in [7, 11) is 0. The van der Waals surface area contributed by atoms with Gasteiger partial charge in [0.05, 0.1) is 21.1 Å². The number of carbonyl (C=O) groups excluding carboxylic acids is 4. The van der Waals surface area contributed by atoms with E-state index >= 15 is 0 Å². The SMILES string of the molecule is O=C1C(=O)c2ccccc2/C1=C/c1nc2c(s1)-c1cc3c(cc1C21CCCCC1)-c1sc(/C=C2\C(=O)C(=O)c4ccccc42)nc1C31CCCCC1. The molecule has 11 rings (SSSR count). The van der Waals surface area contributed by atoms with Crippen molar-refractivity contribution in [1.82, 2.24) is 9.97 Å². The maximum absolute atomic E-state index is 13.1. The normalized spacial score (nSPS) is 21.6. The van der Waals surface area contributed by atoms with E-state index in [0.29, 0.717) is 33.4 Å². The van der Waals surface area contributed by atoms with Gasteiger partial charge in [-0.15, -0.1) is 22.7 Å². The minimum atomic E-state index is -0.455. The van der Waals surface area contributed by atoms with Crippen molar-refractivity contribution in [3.05, 3.63) is 115 Å². The van der Waals surface area contributed by atoms with Crippen LogP contribution < -0.4 is 0 Å². The van der Waals surface area contributed by atoms with Crippen molar-refractivity contribution in [2.24, 2.45) is 0 Å². The second-order valence-corrected chi connectivity index (χ2v) is 17.3. The number of benzene rings is 3. The van der Waals surface area contributed by atoms with E-state index in [1.54, 1.807) is 46.9 Å². The lowest BCUT2D eigenvalue weighted by Crippen LogP contribution is -2.30. The third kappa shape index (κ3) is 3.94. The zero-order chi connectivity index (χ0) is 34.9. The Morgan fingerprint density at radius 1 is 0.481 bits per heavy atom. The van der Waals surface area contributed by atoms with Gasteiger partial charge in [-0.3, -0.25) is 19.2 Å². The van der Waals surface area contributed by atoms with Crippen LogP contribution in [0.25, 0.3) is 44.2 Å². The molecule has 2 fully saturated rings. The van der Waals surface area contributed by atoms with Crippen molar-refractivity contribution < 1.29 is 19.2 Å². The molecule has 6 nitrogen and oxygen atoms in total. The fraction of sp³-hybridized carbons (Fsp3) is 0.273. The topological polar surface area (TPSA) is 94.1 Å². The van der Waals surface area contributed by atoms with Gasteiger partial charge in [0.1, 0.15) is 10.0 Å². The fourth-order valence-corrected chi connectivity index (χ4v) is 12.5. The number of nitrogens with zero attached hydrogens (tertiary/aromatic N) is 2. The van der Waals surface area contributed by atoms with Gasteiger partial charge < -0.3 is 0 Å². The van der Waals surface area contributed by atoms with Gasteiger partial charge >= 0.3 is 0 Å². The molecule has 0 aliphatic heterocycles. The molecule has 8 heteroatoms. The standard InChI is InChI=1S/C44H32N2O4S2/c47-35-25-13-5-3-11-23(25)27(37(35)49)21-33-45-41-39(51-33)29-20-32-30(19-31(29)43(41)15-7-1-8-16-43)40-42(44(32)17-9-2-10-18-44)46-34(52-40)22-28-24-12-4-6-14-26(24)36(48)38(28)50/h3-6,11-14,19-22H,1-2,7-10,15-18H2/b27-21-,28-22-. The van der Waals surface area contributed by atoms with E-state index in [2.05, 4.69) is 12.1 Å². The van der Waals surface area contributed by atoms with E-state index in [1.807, 2.05) is 36.4 Å². The lowest BCUT2D eigenvalue weighted by Gasteiger charge is -2.36. The molecule has 0 saturated heterocycles. The van der Waals surface area contributed by atoms with Crippen molar-refractivity contribution in [2.45, 2.75) is 75.0 Å². The summed E-state index contributed by atoms with van der Waals surface area (Å²) in [5, 5.41) is 1.56. The van der Waals surface area contributed by atoms with E-state index < -0.39 is 23.1 Å². The number of aromatic nitrogens is 2. The zero-order valence-corrected chi connectivity index (χ0v) is 30.0. The molecule has 2 saturated carbocycles. The number of hydrogen-bond donors (Lipinski definition) is 0. The van der Waals surface area contributed by atoms with E-state index in [1.165, 1.54) is 44.8 Å². The van der Waals surface area contributed by atoms with Crippen LogP contribution in [-0.4, -0.2) is 33.1 Å². The Morgan fingerprint density at radius 3 is 1.27 bits per heavy atom. The summed E-state index contributed by atoms with van der Waals surface area (Å²) in [4.78, 5) is 64.9. The van der Waals surface area contributed by atoms with Gasteiger partial charge in [0.25, 0.3) is 0 Å². The number of allylic oxidation sites excluding steroid dienone is 2. The molecule has 0 amide bonds. The van der Waals surface area contributed by atoms with Crippen molar-refractivity contribution in [3.8, 4) is 20.9 Å². The summed E-state index contributed by atoms with van der Waals surface area (Å²) in [6.07, 6.45) is 14.7. The first kappa shape index (κ1) is 30.7. The second-order valence-electron chi connectivity index (χ2n) is 15.2. The van der Waals surface area contributed by atoms with E-state index in [0.717, 1.165) is 72.8 Å². The summed E-state index contributed by atoms with van der Waals surface area (Å²) in [5.74, 6) is -1.80. The number of rotatable bonds is 2. The molecular formula is C44H32N2O4S2. The Balaban J connectivity index is 1.07. The Morgan fingerprint density at radius 2 is 0.865 bits per heavy atom. The van der Waals surface area contributed by atoms with Crippen LogP contribution in [0.4, 0.5) is 0 Å². The monoisotopic (exact) mass is 716 g/mol. The summed E-state index contributed by atoms with van der Waals surface area (Å²) >= 11 is 3.29. The van der Waals surface area contributed by atoms with Gasteiger partial charge in [-0.1, -0.05) is 87.1 Å². The highest BCUT2D eigenvalue weighted by Gasteiger charge is 2.52. The van der Waals surface area contributed by atoms with Crippen molar-refractivity contribution in [1.29, 1.82) is 0 Å². The smallest absolute Gasteiger partial charge is 0.234 e. The molecule has 6 aliphatic rings. The average molecular weight is 717 g/mol. The summed E-state index contributed by atoms with van der Waals surface area (Å²) in [6, 6.07) is 19.5. The Hall–Kier alpha value is -4.92. The van der Waals surface area contributed by atoms with Crippen LogP contribution in [0.1, 0.15) is 129 Å². The molecule has 254 valence electrons. The lowest BCUT2D eigenvalue weighted by atomic mass is 9.67. The lowest BCUT2D eigenvalue weighted by molar-refractivity contribution is -0.110. The second kappa shape index (κ2) is 10.8. The number of thiazole rings is 2. The highest BCUT2D eigenvalue weighted by molar-refractivity contribution is 7.17. The first-order valence-electron chi connectivity index (χ1n) is 18.4. The summed E-state index contributed by atoms with van der Waals surface area (Å²) in [6.45, 7) is 0. The fourth-order valence-electron chi connectivity index (χ4n) is 10.3. The molecule has 0 bridgehead atoms. The quantitative estimate of drug-likeness (QED) is 0.133. The number of Topliss-reactive ketones (excluding diaryl/α,β-unsaturated/α-hetero) is 4. The predicted molar refractivity (Wildman–Crippen MR) is 204 cm³/mol. The number of ketones is 4. The maximum Gasteiger partial charge on any atom is 0.234 e. The third-order valence-electron chi connectivity index (χ3n) is 12.6. The molecule has 0 unspecified atom stereocenters. The third-order valence-corrected chi connectivity index (χ3v) is 14.7. The minimum absolute atomic E-state index is 0.197. The van der Waals surface area contributed by atoms with Crippen LogP contribution in [0, 0.1) is 0 Å². The molecule has 6 aliphatic carbocycles. The van der Waals surface area contributed by atoms with Crippen LogP contribution in [0.2, 0.25) is 0 Å². The van der Waals surface area contributed by atoms with Gasteiger partial charge in [-0.25, -0.2) is 9.97 Å². The van der Waals surface area contributed by atoms with Gasteiger partial charge in [-0.05, 0) is 83.3 Å². The predicted octanol–water partition coefficient (Wildman–Crippen LogP) is 9.67. The molecule has 52 heavy (non-hydrogen) atoms. The Kier molecular flexibility index (Phi) is 6.38. The first-order valence-corrected chi connectivity index (χ1v) is 20.0. The summed E-state index contributed by atoms with van der Waals surface area (Å²) < 4.78 is 0. The first-order chi connectivity index (χ1) is 25.4. The molecule has 2 aromatic heterocycles. The molecule has 5 aromatic rings. The van der Waals surface area contributed by atoms with Crippen molar-refractivity contribution in [3.63, 3.8) is 0 Å². The van der Waals surface area contributed by atoms with Crippen molar-refractivity contribution >= 4 is 69.1 Å². The average Bonchev–Trinajstić information content (AvgIpc) is 3.99. The van der Waals surface area contributed by atoms with E-state index in [-0.39, 0.29) is 10.8 Å². The van der Waals surface area contributed by atoms with Crippen LogP contribution in [-0.2, 0) is 20.4 Å². The maximum atomic E-state index is 13.1. The minimum Gasteiger partial charge on any atom is -0.285 e. The van der Waals surface area contributed by atoms with Gasteiger partial charge in [0.15, 0.2) is 0 Å². The number of hydrogen-bond acceptors (Lipinski definition) is 8. The largest absolute Gasteiger partial charge is 0.285 e. The highest BCUT2D eigenvalue weighted by Crippen LogP contribution is 2.63. The molecular weight excluding hydrogens is 685 g/mol. The van der Waals surface area contributed by atoms with Crippen molar-refractivity contribution in [2.75, 3.05) is 0 Å². The molecule has 2 spiro atoms. The Labute approximate surface area is 308 Å². The number of carbonyl (C=O) groups is 4.